The first-order valence-electron chi connectivity index (χ1n) is 4.91. The van der Waals surface area contributed by atoms with Crippen LogP contribution in [0.15, 0.2) is 0 Å². The monoisotopic (exact) mass is 170 g/mol. The molecule has 0 amide bonds. The molecule has 0 aromatic carbocycles. The van der Waals surface area contributed by atoms with Crippen molar-refractivity contribution in [1.29, 1.82) is 0 Å². The zero-order chi connectivity index (χ0) is 9.41. The lowest BCUT2D eigenvalue weighted by molar-refractivity contribution is 0.0484. The minimum Gasteiger partial charge on any atom is -0.330 e. The Balaban J connectivity index is 2.82. The molecule has 1 aliphatic rings. The Hall–Kier alpha value is -0.0800. The van der Waals surface area contributed by atoms with Crippen LogP contribution in [0.25, 0.3) is 0 Å². The van der Waals surface area contributed by atoms with Gasteiger partial charge in [0.05, 0.1) is 0 Å². The van der Waals surface area contributed by atoms with Crippen molar-refractivity contribution < 1.29 is 0 Å². The average Bonchev–Trinajstić information content (AvgIpc) is 1.95. The Morgan fingerprint density at radius 3 is 2.33 bits per heavy atom. The molecule has 2 heteroatoms. The predicted octanol–water partition coefficient (Wildman–Crippen LogP) is 1.49. The summed E-state index contributed by atoms with van der Waals surface area (Å²) in [6.45, 7) is 7.45. The van der Waals surface area contributed by atoms with Crippen LogP contribution in [0.1, 0.15) is 40.0 Å². The standard InChI is InChI=1S/C10H22N2/c1-9(2)8(7-11)5-4-6-10(9,3)12/h8H,4-7,11-12H2,1-3H3/t8-,10+/m1/s1. The minimum absolute atomic E-state index is 0.0325. The van der Waals surface area contributed by atoms with Gasteiger partial charge >= 0.3 is 0 Å². The van der Waals surface area contributed by atoms with Crippen LogP contribution >= 0.6 is 0 Å². The van der Waals surface area contributed by atoms with Crippen LogP contribution in [0.3, 0.4) is 0 Å². The molecule has 0 aromatic heterocycles. The molecule has 72 valence electrons. The molecule has 0 bridgehead atoms. The number of hydrogen-bond donors (Lipinski definition) is 2. The van der Waals surface area contributed by atoms with E-state index in [1.807, 2.05) is 0 Å². The summed E-state index contributed by atoms with van der Waals surface area (Å²) in [7, 11) is 0. The molecule has 12 heavy (non-hydrogen) atoms. The molecule has 2 atom stereocenters. The summed E-state index contributed by atoms with van der Waals surface area (Å²) in [5, 5.41) is 0. The predicted molar refractivity (Wildman–Crippen MR) is 52.8 cm³/mol. The van der Waals surface area contributed by atoms with E-state index in [2.05, 4.69) is 20.8 Å². The van der Waals surface area contributed by atoms with E-state index in [0.717, 1.165) is 13.0 Å². The summed E-state index contributed by atoms with van der Waals surface area (Å²) in [4.78, 5) is 0. The second kappa shape index (κ2) is 3.00. The fourth-order valence-electron chi connectivity index (χ4n) is 2.28. The summed E-state index contributed by atoms with van der Waals surface area (Å²) in [6.07, 6.45) is 3.62. The van der Waals surface area contributed by atoms with Gasteiger partial charge in [0.25, 0.3) is 0 Å². The zero-order valence-corrected chi connectivity index (χ0v) is 8.56. The summed E-state index contributed by atoms with van der Waals surface area (Å²) in [5.41, 5.74) is 12.2. The molecule has 1 rings (SSSR count). The smallest absolute Gasteiger partial charge is 0.0180 e. The van der Waals surface area contributed by atoms with E-state index in [4.69, 9.17) is 11.5 Å². The van der Waals surface area contributed by atoms with Gasteiger partial charge in [0.15, 0.2) is 0 Å². The molecular weight excluding hydrogens is 148 g/mol. The lowest BCUT2D eigenvalue weighted by atomic mass is 9.59. The minimum atomic E-state index is -0.0325. The highest BCUT2D eigenvalue weighted by molar-refractivity contribution is 5.01. The second-order valence-electron chi connectivity index (χ2n) is 4.96. The summed E-state index contributed by atoms with van der Waals surface area (Å²) >= 11 is 0. The first-order chi connectivity index (χ1) is 5.42. The van der Waals surface area contributed by atoms with Gasteiger partial charge in [-0.15, -0.1) is 0 Å². The third-order valence-corrected chi connectivity index (χ3v) is 4.03. The third kappa shape index (κ3) is 1.38. The van der Waals surface area contributed by atoms with E-state index >= 15 is 0 Å². The molecule has 0 saturated heterocycles. The van der Waals surface area contributed by atoms with Gasteiger partial charge in [-0.2, -0.15) is 0 Å². The van der Waals surface area contributed by atoms with Crippen LogP contribution in [-0.4, -0.2) is 12.1 Å². The number of hydrogen-bond acceptors (Lipinski definition) is 2. The van der Waals surface area contributed by atoms with Gasteiger partial charge in [-0.05, 0) is 37.6 Å². The Bertz CT molecular complexity index is 161. The van der Waals surface area contributed by atoms with Gasteiger partial charge in [-0.25, -0.2) is 0 Å². The molecule has 0 aliphatic heterocycles. The zero-order valence-electron chi connectivity index (χ0n) is 8.56. The molecule has 1 fully saturated rings. The van der Waals surface area contributed by atoms with Crippen molar-refractivity contribution in [2.75, 3.05) is 6.54 Å². The fourth-order valence-corrected chi connectivity index (χ4v) is 2.28. The van der Waals surface area contributed by atoms with Gasteiger partial charge in [0.2, 0.25) is 0 Å². The Morgan fingerprint density at radius 1 is 1.33 bits per heavy atom. The molecule has 4 N–H and O–H groups in total. The highest BCUT2D eigenvalue weighted by Crippen LogP contribution is 2.45. The van der Waals surface area contributed by atoms with E-state index in [-0.39, 0.29) is 11.0 Å². The summed E-state index contributed by atoms with van der Waals surface area (Å²) < 4.78 is 0. The third-order valence-electron chi connectivity index (χ3n) is 4.03. The van der Waals surface area contributed by atoms with Gasteiger partial charge < -0.3 is 11.5 Å². The van der Waals surface area contributed by atoms with Gasteiger partial charge in [0.1, 0.15) is 0 Å². The largest absolute Gasteiger partial charge is 0.330 e. The van der Waals surface area contributed by atoms with Crippen LogP contribution in [-0.2, 0) is 0 Å². The molecule has 0 unspecified atom stereocenters. The van der Waals surface area contributed by atoms with E-state index in [1.54, 1.807) is 0 Å². The molecule has 1 saturated carbocycles. The maximum absolute atomic E-state index is 6.27. The van der Waals surface area contributed by atoms with Gasteiger partial charge in [-0.1, -0.05) is 20.3 Å². The molecule has 2 nitrogen and oxygen atoms in total. The van der Waals surface area contributed by atoms with Crippen molar-refractivity contribution in [3.8, 4) is 0 Å². The van der Waals surface area contributed by atoms with Crippen molar-refractivity contribution in [2.45, 2.75) is 45.6 Å². The van der Waals surface area contributed by atoms with E-state index in [0.29, 0.717) is 5.92 Å². The van der Waals surface area contributed by atoms with Crippen molar-refractivity contribution >= 4 is 0 Å². The van der Waals surface area contributed by atoms with E-state index in [1.165, 1.54) is 12.8 Å². The van der Waals surface area contributed by atoms with Gasteiger partial charge in [-0.3, -0.25) is 0 Å². The van der Waals surface area contributed by atoms with Gasteiger partial charge in [0, 0.05) is 5.54 Å². The Morgan fingerprint density at radius 2 is 1.92 bits per heavy atom. The van der Waals surface area contributed by atoms with Crippen LogP contribution < -0.4 is 11.5 Å². The molecule has 0 aromatic rings. The second-order valence-corrected chi connectivity index (χ2v) is 4.96. The van der Waals surface area contributed by atoms with Crippen molar-refractivity contribution in [3.63, 3.8) is 0 Å². The topological polar surface area (TPSA) is 52.0 Å². The summed E-state index contributed by atoms with van der Waals surface area (Å²) in [6, 6.07) is 0. The van der Waals surface area contributed by atoms with Crippen molar-refractivity contribution in [2.24, 2.45) is 22.8 Å². The lowest BCUT2D eigenvalue weighted by Crippen LogP contribution is -2.57. The highest BCUT2D eigenvalue weighted by Gasteiger charge is 2.45. The summed E-state index contributed by atoms with van der Waals surface area (Å²) in [5.74, 6) is 0.598. The van der Waals surface area contributed by atoms with E-state index in [9.17, 15) is 0 Å². The lowest BCUT2D eigenvalue weighted by Gasteiger charge is -2.50. The molecule has 0 spiro atoms. The van der Waals surface area contributed by atoms with Crippen molar-refractivity contribution in [3.05, 3.63) is 0 Å². The van der Waals surface area contributed by atoms with Crippen molar-refractivity contribution in [1.82, 2.24) is 0 Å². The SMILES string of the molecule is CC1(C)[C@@H](CN)CCC[C@]1(C)N. The maximum atomic E-state index is 6.27. The average molecular weight is 170 g/mol. The van der Waals surface area contributed by atoms with Crippen LogP contribution in [0.2, 0.25) is 0 Å². The van der Waals surface area contributed by atoms with Crippen LogP contribution in [0, 0.1) is 11.3 Å². The molecule has 1 aliphatic carbocycles. The Labute approximate surface area is 75.7 Å². The van der Waals surface area contributed by atoms with Crippen LogP contribution in [0.4, 0.5) is 0 Å². The number of nitrogens with two attached hydrogens (primary N) is 2. The molecule has 0 radical (unpaired) electrons. The first kappa shape index (κ1) is 10.0. The fraction of sp³-hybridized carbons (Fsp3) is 1.00. The number of rotatable bonds is 1. The maximum Gasteiger partial charge on any atom is 0.0180 e. The molecule has 0 heterocycles. The van der Waals surface area contributed by atoms with Crippen LogP contribution in [0.5, 0.6) is 0 Å². The quantitative estimate of drug-likeness (QED) is 0.626. The van der Waals surface area contributed by atoms with E-state index < -0.39 is 0 Å². The normalized spacial score (nSPS) is 41.2. The Kier molecular flexibility index (Phi) is 2.50. The highest BCUT2D eigenvalue weighted by atomic mass is 14.8. The first-order valence-corrected chi connectivity index (χ1v) is 4.91. The molecular formula is C10H22N2.